The van der Waals surface area contributed by atoms with Crippen LogP contribution in [0.2, 0.25) is 0 Å². The van der Waals surface area contributed by atoms with Gasteiger partial charge in [-0.2, -0.15) is 0 Å². The van der Waals surface area contributed by atoms with Crippen LogP contribution in [0.3, 0.4) is 0 Å². The molecular formula is C19H23N3O2S. The number of thioether (sulfide) groups is 1. The fourth-order valence-corrected chi connectivity index (χ4v) is 3.94. The van der Waals surface area contributed by atoms with Crippen molar-refractivity contribution in [2.45, 2.75) is 17.5 Å². The van der Waals surface area contributed by atoms with E-state index in [1.165, 1.54) is 5.56 Å². The molecule has 0 amide bonds. The highest BCUT2D eigenvalue weighted by molar-refractivity contribution is 7.98. The van der Waals surface area contributed by atoms with Gasteiger partial charge in [0, 0.05) is 50.0 Å². The van der Waals surface area contributed by atoms with Crippen LogP contribution >= 0.6 is 11.8 Å². The molecule has 5 nitrogen and oxygen atoms in total. The first-order valence-electron chi connectivity index (χ1n) is 8.40. The lowest BCUT2D eigenvalue weighted by Gasteiger charge is -2.38. The summed E-state index contributed by atoms with van der Waals surface area (Å²) >= 11 is 1.60. The van der Waals surface area contributed by atoms with Gasteiger partial charge < -0.3 is 5.11 Å². The maximum absolute atomic E-state index is 12.0. The Bertz CT molecular complexity index is 703. The molecule has 0 radical (unpaired) electrons. The van der Waals surface area contributed by atoms with E-state index in [1.807, 2.05) is 42.8 Å². The Morgan fingerprint density at radius 1 is 1.20 bits per heavy atom. The molecule has 0 spiro atoms. The second kappa shape index (κ2) is 8.47. The number of aliphatic carboxylic acids is 1. The molecule has 25 heavy (non-hydrogen) atoms. The van der Waals surface area contributed by atoms with Crippen LogP contribution in [0.1, 0.15) is 17.2 Å². The molecule has 0 bridgehead atoms. The maximum atomic E-state index is 12.0. The fourth-order valence-electron chi connectivity index (χ4n) is 3.31. The average molecular weight is 357 g/mol. The number of rotatable bonds is 6. The number of nitrogens with zero attached hydrogens (tertiary/aromatic N) is 3. The van der Waals surface area contributed by atoms with Crippen LogP contribution in [0.4, 0.5) is 0 Å². The molecule has 1 saturated heterocycles. The largest absolute Gasteiger partial charge is 0.480 e. The van der Waals surface area contributed by atoms with Crippen molar-refractivity contribution < 1.29 is 9.90 Å². The van der Waals surface area contributed by atoms with Crippen LogP contribution < -0.4 is 0 Å². The molecule has 1 atom stereocenters. The number of carboxylic acids is 1. The number of hydrogen-bond donors (Lipinski definition) is 1. The van der Waals surface area contributed by atoms with Crippen LogP contribution in [0.25, 0.3) is 0 Å². The zero-order chi connectivity index (χ0) is 17.6. The molecule has 0 unspecified atom stereocenters. The van der Waals surface area contributed by atoms with Crippen molar-refractivity contribution >= 4 is 17.7 Å². The Kier molecular flexibility index (Phi) is 6.07. The first kappa shape index (κ1) is 17.9. The summed E-state index contributed by atoms with van der Waals surface area (Å²) in [6, 6.07) is 11.3. The molecule has 1 aromatic carbocycles. The van der Waals surface area contributed by atoms with Gasteiger partial charge in [0.15, 0.2) is 0 Å². The van der Waals surface area contributed by atoms with Crippen LogP contribution in [0, 0.1) is 0 Å². The van der Waals surface area contributed by atoms with E-state index in [0.717, 1.165) is 43.2 Å². The van der Waals surface area contributed by atoms with Gasteiger partial charge in [0.25, 0.3) is 0 Å². The van der Waals surface area contributed by atoms with Crippen molar-refractivity contribution in [3.8, 4) is 0 Å². The number of piperazine rings is 1. The first-order valence-corrected chi connectivity index (χ1v) is 9.62. The maximum Gasteiger partial charge on any atom is 0.325 e. The van der Waals surface area contributed by atoms with Gasteiger partial charge in [-0.05, 0) is 29.5 Å². The average Bonchev–Trinajstić information content (AvgIpc) is 2.64. The molecule has 1 fully saturated rings. The highest BCUT2D eigenvalue weighted by atomic mass is 32.2. The molecule has 1 aliphatic rings. The van der Waals surface area contributed by atoms with Gasteiger partial charge in [-0.25, -0.2) is 0 Å². The summed E-state index contributed by atoms with van der Waals surface area (Å²) in [6.07, 6.45) is 5.66. The summed E-state index contributed by atoms with van der Waals surface area (Å²) in [5, 5.41) is 9.83. The van der Waals surface area contributed by atoms with E-state index >= 15 is 0 Å². The molecule has 1 aromatic heterocycles. The van der Waals surface area contributed by atoms with Gasteiger partial charge in [-0.1, -0.05) is 24.3 Å². The third kappa shape index (κ3) is 4.39. The van der Waals surface area contributed by atoms with Crippen molar-refractivity contribution in [2.24, 2.45) is 0 Å². The standard InChI is InChI=1S/C19H23N3O2S/c1-25-17-7-3-2-6-16(17)18(19(23)24)22-11-9-21(10-12-22)14-15-5-4-8-20-13-15/h2-8,13,18H,9-12,14H2,1H3,(H,23,24)/t18-/m1/s1. The minimum absolute atomic E-state index is 0.579. The van der Waals surface area contributed by atoms with Crippen LogP contribution in [-0.2, 0) is 11.3 Å². The summed E-state index contributed by atoms with van der Waals surface area (Å²) < 4.78 is 0. The zero-order valence-electron chi connectivity index (χ0n) is 14.3. The summed E-state index contributed by atoms with van der Waals surface area (Å²) in [7, 11) is 0. The zero-order valence-corrected chi connectivity index (χ0v) is 15.2. The van der Waals surface area contributed by atoms with Crippen molar-refractivity contribution in [3.05, 3.63) is 59.9 Å². The van der Waals surface area contributed by atoms with Crippen molar-refractivity contribution in [3.63, 3.8) is 0 Å². The van der Waals surface area contributed by atoms with E-state index < -0.39 is 12.0 Å². The minimum Gasteiger partial charge on any atom is -0.480 e. The number of pyridine rings is 1. The molecule has 6 heteroatoms. The smallest absolute Gasteiger partial charge is 0.325 e. The van der Waals surface area contributed by atoms with Gasteiger partial charge in [-0.3, -0.25) is 19.6 Å². The Balaban J connectivity index is 1.68. The van der Waals surface area contributed by atoms with Crippen LogP contribution in [0.5, 0.6) is 0 Å². The van der Waals surface area contributed by atoms with E-state index in [1.54, 1.807) is 18.0 Å². The van der Waals surface area contributed by atoms with Gasteiger partial charge in [-0.15, -0.1) is 11.8 Å². The quantitative estimate of drug-likeness (QED) is 0.803. The molecule has 132 valence electrons. The van der Waals surface area contributed by atoms with Gasteiger partial charge in [0.2, 0.25) is 0 Å². The predicted octanol–water partition coefficient (Wildman–Crippen LogP) is 2.75. The lowest BCUT2D eigenvalue weighted by Crippen LogP contribution is -2.48. The highest BCUT2D eigenvalue weighted by Crippen LogP contribution is 2.30. The lowest BCUT2D eigenvalue weighted by atomic mass is 10.0. The fraction of sp³-hybridized carbons (Fsp3) is 0.368. The second-order valence-electron chi connectivity index (χ2n) is 6.16. The Hall–Kier alpha value is -1.89. The SMILES string of the molecule is CSc1ccccc1[C@H](C(=O)O)N1CCN(Cc2cccnc2)CC1. The van der Waals surface area contributed by atoms with Crippen molar-refractivity contribution in [1.29, 1.82) is 0 Å². The van der Waals surface area contributed by atoms with E-state index in [0.29, 0.717) is 0 Å². The van der Waals surface area contributed by atoms with E-state index in [4.69, 9.17) is 0 Å². The van der Waals surface area contributed by atoms with Gasteiger partial charge in [0.05, 0.1) is 0 Å². The Morgan fingerprint density at radius 3 is 2.60 bits per heavy atom. The number of benzene rings is 1. The summed E-state index contributed by atoms with van der Waals surface area (Å²) in [4.78, 5) is 21.6. The van der Waals surface area contributed by atoms with E-state index in [9.17, 15) is 9.90 Å². The Labute approximate surface area is 152 Å². The van der Waals surface area contributed by atoms with Crippen molar-refractivity contribution in [2.75, 3.05) is 32.4 Å². The number of carboxylic acid groups (broad SMARTS) is 1. The van der Waals surface area contributed by atoms with Crippen LogP contribution in [-0.4, -0.2) is 58.3 Å². The molecule has 2 aromatic rings. The number of aromatic nitrogens is 1. The topological polar surface area (TPSA) is 56.7 Å². The van der Waals surface area contributed by atoms with Gasteiger partial charge >= 0.3 is 5.97 Å². The third-order valence-electron chi connectivity index (χ3n) is 4.57. The first-order chi connectivity index (χ1) is 12.2. The number of hydrogen-bond acceptors (Lipinski definition) is 5. The Morgan fingerprint density at radius 2 is 1.96 bits per heavy atom. The molecule has 0 saturated carbocycles. The monoisotopic (exact) mass is 357 g/mol. The summed E-state index contributed by atoms with van der Waals surface area (Å²) in [5.74, 6) is -0.776. The third-order valence-corrected chi connectivity index (χ3v) is 5.38. The number of carbonyl (C=O) groups is 1. The predicted molar refractivity (Wildman–Crippen MR) is 99.7 cm³/mol. The van der Waals surface area contributed by atoms with Crippen molar-refractivity contribution in [1.82, 2.24) is 14.8 Å². The summed E-state index contributed by atoms with van der Waals surface area (Å²) in [6.45, 7) is 4.08. The molecular weight excluding hydrogens is 334 g/mol. The normalized spacial score (nSPS) is 17.3. The highest BCUT2D eigenvalue weighted by Gasteiger charge is 2.31. The van der Waals surface area contributed by atoms with E-state index in [-0.39, 0.29) is 0 Å². The molecule has 1 N–H and O–H groups in total. The van der Waals surface area contributed by atoms with Crippen LogP contribution in [0.15, 0.2) is 53.7 Å². The summed E-state index contributed by atoms with van der Waals surface area (Å²) in [5.41, 5.74) is 2.08. The molecule has 0 aliphatic carbocycles. The minimum atomic E-state index is -0.776. The lowest BCUT2D eigenvalue weighted by molar-refractivity contribution is -0.144. The molecule has 1 aliphatic heterocycles. The van der Waals surface area contributed by atoms with Gasteiger partial charge in [0.1, 0.15) is 6.04 Å². The molecule has 3 rings (SSSR count). The van der Waals surface area contributed by atoms with E-state index in [2.05, 4.69) is 20.9 Å². The second-order valence-corrected chi connectivity index (χ2v) is 7.00. The molecule has 2 heterocycles.